The Kier molecular flexibility index (Phi) is 5.72. The van der Waals surface area contributed by atoms with E-state index in [1.54, 1.807) is 6.07 Å². The van der Waals surface area contributed by atoms with Crippen molar-refractivity contribution in [2.24, 2.45) is 5.84 Å². The highest BCUT2D eigenvalue weighted by Gasteiger charge is 2.16. The molecule has 21 heavy (non-hydrogen) atoms. The van der Waals surface area contributed by atoms with Gasteiger partial charge in [0.15, 0.2) is 0 Å². The Hall–Kier alpha value is -0.990. The first kappa shape index (κ1) is 16.4. The molecule has 0 aliphatic heterocycles. The fourth-order valence-electron chi connectivity index (χ4n) is 2.17. The number of nitrogens with two attached hydrogens (primary N) is 1. The van der Waals surface area contributed by atoms with Gasteiger partial charge in [0.25, 0.3) is 0 Å². The maximum absolute atomic E-state index is 13.2. The molecule has 1 aromatic carbocycles. The number of hydrogen-bond donors (Lipinski definition) is 2. The van der Waals surface area contributed by atoms with Crippen LogP contribution in [0.1, 0.15) is 43.6 Å². The lowest BCUT2D eigenvalue weighted by Crippen LogP contribution is -2.30. The van der Waals surface area contributed by atoms with Crippen LogP contribution in [0.2, 0.25) is 0 Å². The lowest BCUT2D eigenvalue weighted by atomic mass is 10.0. The molecule has 2 unspecified atom stereocenters. The van der Waals surface area contributed by atoms with E-state index in [1.807, 2.05) is 16.9 Å². The van der Waals surface area contributed by atoms with E-state index in [-0.39, 0.29) is 11.9 Å². The fourth-order valence-corrected chi connectivity index (χ4v) is 3.02. The molecule has 2 rings (SSSR count). The molecule has 0 spiro atoms. The normalized spacial score (nSPS) is 14.1. The standard InChI is InChI=1S/C15H20FIN4/c1-3-10(2)21-7-6-12(20-21)9-15(19-18)13-5-4-11(16)8-14(13)17/h4-8,10,15,19H,3,9,18H2,1-2H3. The van der Waals surface area contributed by atoms with Crippen LogP contribution in [0, 0.1) is 9.39 Å². The Bertz CT molecular complexity index is 599. The van der Waals surface area contributed by atoms with Crippen molar-refractivity contribution in [2.45, 2.75) is 38.8 Å². The highest BCUT2D eigenvalue weighted by molar-refractivity contribution is 14.1. The molecule has 4 nitrogen and oxygen atoms in total. The molecule has 1 heterocycles. The molecule has 0 aliphatic rings. The van der Waals surface area contributed by atoms with E-state index in [9.17, 15) is 4.39 Å². The lowest BCUT2D eigenvalue weighted by Gasteiger charge is -2.17. The van der Waals surface area contributed by atoms with E-state index < -0.39 is 0 Å². The molecule has 0 aliphatic carbocycles. The Morgan fingerprint density at radius 2 is 2.19 bits per heavy atom. The molecule has 0 fully saturated rings. The molecule has 0 amide bonds. The monoisotopic (exact) mass is 402 g/mol. The molecule has 0 bridgehead atoms. The number of nitrogens with one attached hydrogen (secondary N) is 1. The second-order valence-electron chi connectivity index (χ2n) is 5.13. The average Bonchev–Trinajstić information content (AvgIpc) is 2.93. The minimum absolute atomic E-state index is 0.0854. The summed E-state index contributed by atoms with van der Waals surface area (Å²) in [4.78, 5) is 0. The fraction of sp³-hybridized carbons (Fsp3) is 0.400. The molecule has 3 N–H and O–H groups in total. The number of hydrazine groups is 1. The van der Waals surface area contributed by atoms with E-state index in [2.05, 4.69) is 47.0 Å². The van der Waals surface area contributed by atoms with Crippen molar-refractivity contribution in [1.29, 1.82) is 0 Å². The van der Waals surface area contributed by atoms with Gasteiger partial charge in [-0.1, -0.05) is 13.0 Å². The van der Waals surface area contributed by atoms with E-state index in [0.29, 0.717) is 12.5 Å². The Labute approximate surface area is 138 Å². The molecule has 0 saturated heterocycles. The highest BCUT2D eigenvalue weighted by atomic mass is 127. The third-order valence-electron chi connectivity index (χ3n) is 3.66. The van der Waals surface area contributed by atoms with Gasteiger partial charge in [0.2, 0.25) is 0 Å². The molecule has 0 radical (unpaired) electrons. The number of hydrogen-bond acceptors (Lipinski definition) is 3. The van der Waals surface area contributed by atoms with Gasteiger partial charge in [-0.25, -0.2) is 4.39 Å². The topological polar surface area (TPSA) is 55.9 Å². The van der Waals surface area contributed by atoms with Gasteiger partial charge >= 0.3 is 0 Å². The van der Waals surface area contributed by atoms with Gasteiger partial charge in [0.1, 0.15) is 5.82 Å². The summed E-state index contributed by atoms with van der Waals surface area (Å²) in [6.07, 6.45) is 3.70. The predicted octanol–water partition coefficient (Wildman–Crippen LogP) is 3.34. The first-order chi connectivity index (χ1) is 10.0. The van der Waals surface area contributed by atoms with Crippen molar-refractivity contribution in [1.82, 2.24) is 15.2 Å². The zero-order chi connectivity index (χ0) is 15.4. The van der Waals surface area contributed by atoms with E-state index in [1.165, 1.54) is 12.1 Å². The van der Waals surface area contributed by atoms with Gasteiger partial charge in [-0.2, -0.15) is 5.10 Å². The van der Waals surface area contributed by atoms with Gasteiger partial charge in [0, 0.05) is 22.2 Å². The van der Waals surface area contributed by atoms with E-state index >= 15 is 0 Å². The van der Waals surface area contributed by atoms with Crippen LogP contribution in [-0.2, 0) is 6.42 Å². The number of nitrogens with zero attached hydrogens (tertiary/aromatic N) is 2. The summed E-state index contributed by atoms with van der Waals surface area (Å²) >= 11 is 2.13. The average molecular weight is 402 g/mol. The zero-order valence-corrected chi connectivity index (χ0v) is 14.3. The molecule has 2 atom stereocenters. The third kappa shape index (κ3) is 4.02. The van der Waals surface area contributed by atoms with Crippen LogP contribution >= 0.6 is 22.6 Å². The van der Waals surface area contributed by atoms with Crippen molar-refractivity contribution < 1.29 is 4.39 Å². The Balaban J connectivity index is 2.17. The Morgan fingerprint density at radius 1 is 1.43 bits per heavy atom. The first-order valence-corrected chi connectivity index (χ1v) is 8.08. The smallest absolute Gasteiger partial charge is 0.124 e. The summed E-state index contributed by atoms with van der Waals surface area (Å²) in [5, 5.41) is 4.59. The molecular weight excluding hydrogens is 382 g/mol. The van der Waals surface area contributed by atoms with Gasteiger partial charge in [-0.05, 0) is 59.7 Å². The van der Waals surface area contributed by atoms with Crippen molar-refractivity contribution in [3.63, 3.8) is 0 Å². The number of benzene rings is 1. The molecular formula is C15H20FIN4. The van der Waals surface area contributed by atoms with E-state index in [4.69, 9.17) is 5.84 Å². The first-order valence-electron chi connectivity index (χ1n) is 7.00. The maximum atomic E-state index is 13.2. The lowest BCUT2D eigenvalue weighted by molar-refractivity contribution is 0.466. The summed E-state index contributed by atoms with van der Waals surface area (Å²) in [6.45, 7) is 4.27. The third-order valence-corrected chi connectivity index (χ3v) is 4.59. The van der Waals surface area contributed by atoms with Crippen LogP contribution in [-0.4, -0.2) is 9.78 Å². The number of aromatic nitrogens is 2. The molecule has 0 saturated carbocycles. The molecule has 114 valence electrons. The van der Waals surface area contributed by atoms with Crippen LogP contribution in [0.15, 0.2) is 30.5 Å². The quantitative estimate of drug-likeness (QED) is 0.443. The van der Waals surface area contributed by atoms with Gasteiger partial charge < -0.3 is 0 Å². The van der Waals surface area contributed by atoms with Gasteiger partial charge in [0.05, 0.1) is 11.7 Å². The summed E-state index contributed by atoms with van der Waals surface area (Å²) in [6, 6.07) is 7.05. The minimum Gasteiger partial charge on any atom is -0.271 e. The summed E-state index contributed by atoms with van der Waals surface area (Å²) in [5.74, 6) is 5.43. The summed E-state index contributed by atoms with van der Waals surface area (Å²) in [5.41, 5.74) is 4.76. The van der Waals surface area contributed by atoms with Gasteiger partial charge in [-0.3, -0.25) is 16.0 Å². The molecule has 6 heteroatoms. The molecule has 1 aromatic heterocycles. The van der Waals surface area contributed by atoms with Crippen LogP contribution in [0.25, 0.3) is 0 Å². The van der Waals surface area contributed by atoms with Crippen LogP contribution in [0.3, 0.4) is 0 Å². The summed E-state index contributed by atoms with van der Waals surface area (Å²) < 4.78 is 16.0. The molecule has 2 aromatic rings. The zero-order valence-electron chi connectivity index (χ0n) is 12.2. The van der Waals surface area contributed by atoms with Crippen molar-refractivity contribution in [3.05, 3.63) is 51.1 Å². The predicted molar refractivity (Wildman–Crippen MR) is 90.1 cm³/mol. The minimum atomic E-state index is -0.236. The van der Waals surface area contributed by atoms with Crippen LogP contribution in [0.4, 0.5) is 4.39 Å². The van der Waals surface area contributed by atoms with Crippen molar-refractivity contribution in [3.8, 4) is 0 Å². The van der Waals surface area contributed by atoms with E-state index in [0.717, 1.165) is 21.2 Å². The van der Waals surface area contributed by atoms with Crippen LogP contribution < -0.4 is 11.3 Å². The Morgan fingerprint density at radius 3 is 2.81 bits per heavy atom. The van der Waals surface area contributed by atoms with Crippen molar-refractivity contribution in [2.75, 3.05) is 0 Å². The second kappa shape index (κ2) is 7.33. The number of halogens is 2. The van der Waals surface area contributed by atoms with Crippen molar-refractivity contribution >= 4 is 22.6 Å². The highest BCUT2D eigenvalue weighted by Crippen LogP contribution is 2.23. The SMILES string of the molecule is CCC(C)n1ccc(CC(NN)c2ccc(F)cc2I)n1. The van der Waals surface area contributed by atoms with Gasteiger partial charge in [-0.15, -0.1) is 0 Å². The largest absolute Gasteiger partial charge is 0.271 e. The maximum Gasteiger partial charge on any atom is 0.124 e. The summed E-state index contributed by atoms with van der Waals surface area (Å²) in [7, 11) is 0. The number of rotatable bonds is 6. The van der Waals surface area contributed by atoms with Crippen LogP contribution in [0.5, 0.6) is 0 Å². The second-order valence-corrected chi connectivity index (χ2v) is 6.30.